The lowest BCUT2D eigenvalue weighted by Crippen LogP contribution is -2.70. The minimum atomic E-state index is -1.52. The molecule has 2 aliphatic carbocycles. The molecule has 1 heterocycles. The van der Waals surface area contributed by atoms with E-state index in [1.165, 1.54) is 7.11 Å². The highest BCUT2D eigenvalue weighted by Gasteiger charge is 2.65. The third-order valence-corrected chi connectivity index (χ3v) is 13.4. The van der Waals surface area contributed by atoms with Crippen LogP contribution in [0, 0.1) is 17.8 Å². The second-order valence-electron chi connectivity index (χ2n) is 17.5. The highest BCUT2D eigenvalue weighted by Crippen LogP contribution is 2.62. The number of nitrogens with zero attached hydrogens (tertiary/aromatic N) is 2. The molecule has 67 heavy (non-hydrogen) atoms. The number of ether oxygens (including phenoxy) is 4. The number of aliphatic hydroxyl groups excluding tert-OH is 2. The summed E-state index contributed by atoms with van der Waals surface area (Å²) in [5.74, 6) is -1.58. The summed E-state index contributed by atoms with van der Waals surface area (Å²) in [6, 6.07) is 38.2. The topological polar surface area (TPSA) is 148 Å². The Bertz CT molecular complexity index is 2530. The van der Waals surface area contributed by atoms with Gasteiger partial charge in [-0.2, -0.15) is 0 Å². The first kappa shape index (κ1) is 47.0. The molecule has 5 aromatic carbocycles. The quantitative estimate of drug-likeness (QED) is 0.0394. The number of fused-ring (bicyclic) bond motifs is 3. The number of hydrogen-bond acceptors (Lipinski definition) is 10. The molecule has 0 aromatic heterocycles. The van der Waals surface area contributed by atoms with E-state index in [0.29, 0.717) is 36.6 Å². The summed E-state index contributed by atoms with van der Waals surface area (Å²) in [6.45, 7) is 4.97. The highest BCUT2D eigenvalue weighted by atomic mass is 16.7. The summed E-state index contributed by atoms with van der Waals surface area (Å²) in [6.07, 6.45) is 7.33. The molecule has 350 valence electrons. The van der Waals surface area contributed by atoms with E-state index in [9.17, 15) is 19.8 Å². The fraction of sp³-hybridized carbons (Fsp3) is 0.364. The molecule has 12 heteroatoms. The van der Waals surface area contributed by atoms with Crippen LogP contribution in [-0.4, -0.2) is 71.8 Å². The Morgan fingerprint density at radius 1 is 0.881 bits per heavy atom. The number of carbonyl (C=O) groups is 2. The van der Waals surface area contributed by atoms with Crippen LogP contribution >= 0.6 is 0 Å². The van der Waals surface area contributed by atoms with E-state index in [4.69, 9.17) is 28.9 Å². The third-order valence-electron chi connectivity index (χ3n) is 13.4. The largest absolute Gasteiger partial charge is 0.459 e. The molecule has 6 atom stereocenters. The molecule has 8 rings (SSSR count). The van der Waals surface area contributed by atoms with Crippen molar-refractivity contribution in [2.24, 2.45) is 22.9 Å². The molecule has 0 spiro atoms. The van der Waals surface area contributed by atoms with Crippen LogP contribution in [0.3, 0.4) is 0 Å². The molecule has 1 saturated carbocycles. The zero-order valence-corrected chi connectivity index (χ0v) is 38.1. The molecule has 0 bridgehead atoms. The second-order valence-corrected chi connectivity index (χ2v) is 17.5. The summed E-state index contributed by atoms with van der Waals surface area (Å²) >= 11 is 0. The van der Waals surface area contributed by atoms with Gasteiger partial charge in [-0.05, 0) is 88.8 Å². The number of amides is 2. The fourth-order valence-corrected chi connectivity index (χ4v) is 10.4. The maximum absolute atomic E-state index is 14.6. The molecule has 6 unspecified atom stereocenters. The maximum Gasteiger partial charge on any atom is 0.412 e. The van der Waals surface area contributed by atoms with E-state index in [0.717, 1.165) is 64.3 Å². The molecule has 2 amide bonds. The minimum Gasteiger partial charge on any atom is -0.459 e. The molecule has 1 fully saturated rings. The van der Waals surface area contributed by atoms with Crippen molar-refractivity contribution in [3.8, 4) is 11.5 Å². The van der Waals surface area contributed by atoms with Gasteiger partial charge in [0.25, 0.3) is 0 Å². The maximum atomic E-state index is 14.6. The summed E-state index contributed by atoms with van der Waals surface area (Å²) in [5, 5.41) is 29.9. The molecule has 1 aliphatic heterocycles. The lowest BCUT2D eigenvalue weighted by molar-refractivity contribution is -0.256. The van der Waals surface area contributed by atoms with Gasteiger partial charge in [-0.15, -0.1) is 6.58 Å². The zero-order valence-electron chi connectivity index (χ0n) is 38.1. The first-order chi connectivity index (χ1) is 32.9. The van der Waals surface area contributed by atoms with Crippen LogP contribution in [0.4, 0.5) is 9.59 Å². The van der Waals surface area contributed by atoms with Crippen molar-refractivity contribution in [1.82, 2.24) is 10.2 Å². The number of rotatable bonds is 20. The number of carbonyl (C=O) groups excluding carboxylic acids is 2. The number of allylic oxidation sites excluding steroid dienone is 1. The van der Waals surface area contributed by atoms with Crippen LogP contribution in [-0.2, 0) is 34.0 Å². The Balaban J connectivity index is 1.30. The number of benzene rings is 5. The number of oxime groups is 1. The van der Waals surface area contributed by atoms with Gasteiger partial charge in [-0.3, -0.25) is 4.90 Å². The molecule has 5 aromatic rings. The molecular formula is C55H61N3O9. The lowest BCUT2D eigenvalue weighted by atomic mass is 9.55. The molecule has 0 saturated heterocycles. The predicted octanol–water partition coefficient (Wildman–Crippen LogP) is 10.2. The Morgan fingerprint density at radius 2 is 1.60 bits per heavy atom. The van der Waals surface area contributed by atoms with Gasteiger partial charge in [-0.1, -0.05) is 133 Å². The lowest BCUT2D eigenvalue weighted by Gasteiger charge is -2.59. The molecule has 0 radical (unpaired) electrons. The Hall–Kier alpha value is -6.47. The van der Waals surface area contributed by atoms with E-state index in [2.05, 4.69) is 36.2 Å². The number of unbranched alkanes of at least 4 members (excludes halogenated alkanes) is 2. The SMILES string of the molecule is C=CCOC12Oc3ccc(OC(=O)NCc4ccccc4)cc3C3C(CCCCO)C(CCCCO)C=C(C(=NOCc4ccccc4)CC1N(Cc1cccc4ccccc14)C(=O)OC)C32. The smallest absolute Gasteiger partial charge is 0.412 e. The van der Waals surface area contributed by atoms with Gasteiger partial charge in [0.2, 0.25) is 5.79 Å². The van der Waals surface area contributed by atoms with Crippen molar-refractivity contribution in [3.63, 3.8) is 0 Å². The number of aliphatic hydroxyl groups is 2. The Kier molecular flexibility index (Phi) is 15.7. The van der Waals surface area contributed by atoms with Crippen LogP contribution in [0.1, 0.15) is 73.1 Å². The molecule has 3 aliphatic rings. The summed E-state index contributed by atoms with van der Waals surface area (Å²) < 4.78 is 26.2. The molecular weight excluding hydrogens is 847 g/mol. The fourth-order valence-electron chi connectivity index (χ4n) is 10.4. The number of methoxy groups -OCH3 is 1. The van der Waals surface area contributed by atoms with E-state index >= 15 is 0 Å². The van der Waals surface area contributed by atoms with Gasteiger partial charge in [0.1, 0.15) is 24.1 Å². The summed E-state index contributed by atoms with van der Waals surface area (Å²) in [7, 11) is 1.38. The van der Waals surface area contributed by atoms with Gasteiger partial charge >= 0.3 is 12.2 Å². The van der Waals surface area contributed by atoms with E-state index in [1.807, 2.05) is 97.1 Å². The van der Waals surface area contributed by atoms with Gasteiger partial charge in [0.15, 0.2) is 0 Å². The monoisotopic (exact) mass is 907 g/mol. The first-order valence-electron chi connectivity index (χ1n) is 23.4. The van der Waals surface area contributed by atoms with Gasteiger partial charge in [0, 0.05) is 37.7 Å². The Morgan fingerprint density at radius 3 is 2.34 bits per heavy atom. The van der Waals surface area contributed by atoms with Gasteiger partial charge in [0.05, 0.1) is 31.9 Å². The van der Waals surface area contributed by atoms with Crippen LogP contribution in [0.2, 0.25) is 0 Å². The third kappa shape index (κ3) is 10.6. The summed E-state index contributed by atoms with van der Waals surface area (Å²) in [4.78, 5) is 35.9. The average Bonchev–Trinajstić information content (AvgIpc) is 3.36. The van der Waals surface area contributed by atoms with Crippen molar-refractivity contribution in [2.45, 2.75) is 82.4 Å². The van der Waals surface area contributed by atoms with E-state index < -0.39 is 29.9 Å². The van der Waals surface area contributed by atoms with Crippen LogP contribution in [0.25, 0.3) is 10.8 Å². The normalized spacial score (nSPS) is 22.1. The predicted molar refractivity (Wildman–Crippen MR) is 257 cm³/mol. The van der Waals surface area contributed by atoms with Crippen molar-refractivity contribution in [3.05, 3.63) is 168 Å². The number of hydrogen-bond donors (Lipinski definition) is 3. The molecule has 3 N–H and O–H groups in total. The zero-order chi connectivity index (χ0) is 46.6. The first-order valence-corrected chi connectivity index (χ1v) is 23.4. The van der Waals surface area contributed by atoms with E-state index in [-0.39, 0.29) is 57.1 Å². The van der Waals surface area contributed by atoms with Crippen molar-refractivity contribution >= 4 is 28.7 Å². The van der Waals surface area contributed by atoms with Crippen molar-refractivity contribution in [2.75, 3.05) is 26.9 Å². The van der Waals surface area contributed by atoms with Crippen LogP contribution in [0.15, 0.2) is 151 Å². The number of nitrogens with one attached hydrogen (secondary N) is 1. The average molecular weight is 908 g/mol. The highest BCUT2D eigenvalue weighted by molar-refractivity contribution is 6.03. The van der Waals surface area contributed by atoms with Crippen molar-refractivity contribution < 1.29 is 43.6 Å². The Labute approximate surface area is 392 Å². The van der Waals surface area contributed by atoms with E-state index in [1.54, 1.807) is 17.0 Å². The van der Waals surface area contributed by atoms with Gasteiger partial charge in [-0.25, -0.2) is 9.59 Å². The standard InChI is InChI=1S/C55H61N3O9/c1-3-31-64-55-50(58(54(62)63-2)36-42-24-16-23-40-21-10-11-25-44(40)42)34-48(57-65-37-39-19-8-5-9-20-39)46-32-41(22-12-14-29-59)45(26-13-15-30-60)51(52(46)55)47-33-43(27-28-49(47)67-55)66-53(61)56-35-38-17-6-4-7-18-38/h3-11,16-21,23-25,27-28,32-33,41,45,50-52,59-60H,1,12-15,22,26,29-31,34-37H2,2H3,(H,56,61). The summed E-state index contributed by atoms with van der Waals surface area (Å²) in [5.41, 5.74) is 5.17. The second kappa shape index (κ2) is 22.3. The van der Waals surface area contributed by atoms with Gasteiger partial charge < -0.3 is 39.3 Å². The van der Waals surface area contributed by atoms with Crippen molar-refractivity contribution in [1.29, 1.82) is 0 Å². The minimum absolute atomic E-state index is 0.00607. The van der Waals surface area contributed by atoms with Crippen LogP contribution in [0.5, 0.6) is 11.5 Å². The molecule has 12 nitrogen and oxygen atoms in total. The van der Waals surface area contributed by atoms with Crippen LogP contribution < -0.4 is 14.8 Å².